The summed E-state index contributed by atoms with van der Waals surface area (Å²) in [5, 5.41) is 9.26. The van der Waals surface area contributed by atoms with Gasteiger partial charge in [-0.25, -0.2) is 9.18 Å². The maximum absolute atomic E-state index is 15.2. The molecule has 1 saturated heterocycles. The minimum absolute atomic E-state index is 0.00108. The molecular weight excluding hydrogens is 708 g/mol. The van der Waals surface area contributed by atoms with E-state index in [0.717, 1.165) is 23.1 Å². The van der Waals surface area contributed by atoms with E-state index >= 15 is 4.39 Å². The molecule has 1 saturated carbocycles. The summed E-state index contributed by atoms with van der Waals surface area (Å²) in [4.78, 5) is 25.3. The van der Waals surface area contributed by atoms with Crippen molar-refractivity contribution in [2.45, 2.75) is 75.9 Å². The van der Waals surface area contributed by atoms with Gasteiger partial charge in [-0.3, -0.25) is 9.69 Å². The molecule has 0 spiro atoms. The van der Waals surface area contributed by atoms with Gasteiger partial charge in [-0.2, -0.15) is 39.5 Å². The number of carboxylic acid groups (broad SMARTS) is 1. The van der Waals surface area contributed by atoms with E-state index in [9.17, 15) is 54.2 Å². The Kier molecular flexibility index (Phi) is 10.2. The Morgan fingerprint density at radius 1 is 0.824 bits per heavy atom. The number of aliphatic carboxylic acids is 1. The first-order chi connectivity index (χ1) is 23.7. The molecule has 0 radical (unpaired) electrons. The van der Waals surface area contributed by atoms with Gasteiger partial charge in [0.15, 0.2) is 11.6 Å². The van der Waals surface area contributed by atoms with Crippen molar-refractivity contribution >= 4 is 12.1 Å². The van der Waals surface area contributed by atoms with Crippen LogP contribution in [0.2, 0.25) is 0 Å². The summed E-state index contributed by atoms with van der Waals surface area (Å²) in [7, 11) is 1.17. The molecule has 17 heteroatoms. The Hall–Kier alpha value is -4.70. The van der Waals surface area contributed by atoms with Crippen molar-refractivity contribution in [3.8, 4) is 22.6 Å². The van der Waals surface area contributed by atoms with Crippen molar-refractivity contribution < 1.29 is 72.8 Å². The minimum Gasteiger partial charge on any atom is -0.496 e. The molecule has 1 aliphatic carbocycles. The summed E-state index contributed by atoms with van der Waals surface area (Å²) in [6, 6.07) is 4.02. The summed E-state index contributed by atoms with van der Waals surface area (Å²) in [5.41, 5.74) is -5.26. The van der Waals surface area contributed by atoms with E-state index in [2.05, 4.69) is 0 Å². The van der Waals surface area contributed by atoms with Crippen molar-refractivity contribution in [1.82, 2.24) is 4.90 Å². The van der Waals surface area contributed by atoms with Crippen molar-refractivity contribution in [3.63, 3.8) is 0 Å². The summed E-state index contributed by atoms with van der Waals surface area (Å²) >= 11 is 0. The van der Waals surface area contributed by atoms with Gasteiger partial charge < -0.3 is 19.3 Å². The zero-order valence-electron chi connectivity index (χ0n) is 26.7. The Morgan fingerprint density at radius 3 is 1.94 bits per heavy atom. The Balaban J connectivity index is 1.52. The van der Waals surface area contributed by atoms with Gasteiger partial charge in [-0.15, -0.1) is 0 Å². The number of methoxy groups -OCH3 is 1. The molecule has 3 aromatic carbocycles. The van der Waals surface area contributed by atoms with Crippen LogP contribution in [0, 0.1) is 11.7 Å². The molecule has 0 aromatic heterocycles. The summed E-state index contributed by atoms with van der Waals surface area (Å²) in [5.74, 6) is -2.90. The topological polar surface area (TPSA) is 85.3 Å². The van der Waals surface area contributed by atoms with E-state index in [-0.39, 0.29) is 59.9 Å². The molecule has 7 nitrogen and oxygen atoms in total. The number of nitrogens with zero attached hydrogens (tertiary/aromatic N) is 1. The third-order valence-electron chi connectivity index (χ3n) is 8.97. The average Bonchev–Trinajstić information content (AvgIpc) is 3.32. The second-order valence-corrected chi connectivity index (χ2v) is 12.3. The molecule has 5 rings (SSSR count). The zero-order valence-corrected chi connectivity index (χ0v) is 26.7. The molecule has 1 heterocycles. The third-order valence-corrected chi connectivity index (χ3v) is 8.97. The van der Waals surface area contributed by atoms with E-state index in [4.69, 9.17) is 14.2 Å². The minimum atomic E-state index is -5.19. The highest BCUT2D eigenvalue weighted by Crippen LogP contribution is 2.44. The third kappa shape index (κ3) is 8.12. The van der Waals surface area contributed by atoms with Crippen molar-refractivity contribution in [3.05, 3.63) is 82.2 Å². The zero-order chi connectivity index (χ0) is 37.6. The van der Waals surface area contributed by atoms with Gasteiger partial charge in [0.25, 0.3) is 0 Å². The number of ether oxygens (including phenoxy) is 3. The quantitative estimate of drug-likeness (QED) is 0.232. The number of amides is 1. The highest BCUT2D eigenvalue weighted by Gasteiger charge is 2.44. The summed E-state index contributed by atoms with van der Waals surface area (Å²) < 4.78 is 155. The van der Waals surface area contributed by atoms with Crippen molar-refractivity contribution in [2.75, 3.05) is 7.11 Å². The molecule has 1 amide bonds. The van der Waals surface area contributed by atoms with Crippen LogP contribution in [0.3, 0.4) is 0 Å². The fraction of sp³-hybridized carbons (Fsp3) is 0.412. The molecule has 3 aromatic rings. The molecule has 0 unspecified atom stereocenters. The summed E-state index contributed by atoms with van der Waals surface area (Å²) in [6.45, 7) is 0.580. The maximum Gasteiger partial charge on any atom is 0.416 e. The molecule has 1 aliphatic heterocycles. The molecular formula is C34H29F10NO6. The Bertz CT molecular complexity index is 1770. The fourth-order valence-electron chi connectivity index (χ4n) is 6.26. The van der Waals surface area contributed by atoms with E-state index < -0.39 is 89.4 Å². The normalized spacial score (nSPS) is 21.4. The number of rotatable bonds is 8. The van der Waals surface area contributed by atoms with Crippen LogP contribution < -0.4 is 9.47 Å². The van der Waals surface area contributed by atoms with E-state index in [1.165, 1.54) is 20.1 Å². The number of alkyl halides is 9. The first-order valence-corrected chi connectivity index (χ1v) is 15.4. The predicted octanol–water partition coefficient (Wildman–Crippen LogP) is 9.66. The molecule has 0 bridgehead atoms. The number of benzene rings is 3. The van der Waals surface area contributed by atoms with Crippen molar-refractivity contribution in [2.24, 2.45) is 5.92 Å². The number of carboxylic acids is 1. The average molecular weight is 738 g/mol. The number of hydrogen-bond acceptors (Lipinski definition) is 5. The van der Waals surface area contributed by atoms with Gasteiger partial charge in [0.1, 0.15) is 11.9 Å². The lowest BCUT2D eigenvalue weighted by Crippen LogP contribution is -2.32. The van der Waals surface area contributed by atoms with Crippen molar-refractivity contribution in [1.29, 1.82) is 0 Å². The number of cyclic esters (lactones) is 1. The second kappa shape index (κ2) is 13.8. The number of halogens is 10. The number of carbonyl (C=O) groups is 2. The first kappa shape index (κ1) is 37.6. The van der Waals surface area contributed by atoms with Gasteiger partial charge in [0.05, 0.1) is 48.4 Å². The number of hydrogen-bond donors (Lipinski definition) is 1. The van der Waals surface area contributed by atoms with Crippen LogP contribution in [-0.4, -0.2) is 41.3 Å². The molecule has 2 aliphatic rings. The van der Waals surface area contributed by atoms with Crippen LogP contribution in [-0.2, 0) is 34.6 Å². The Morgan fingerprint density at radius 2 is 1.41 bits per heavy atom. The van der Waals surface area contributed by atoms with Gasteiger partial charge >= 0.3 is 30.6 Å². The highest BCUT2D eigenvalue weighted by atomic mass is 19.4. The fourth-order valence-corrected chi connectivity index (χ4v) is 6.26. The second-order valence-electron chi connectivity index (χ2n) is 12.3. The number of carbonyl (C=O) groups excluding carboxylic acids is 1. The van der Waals surface area contributed by atoms with Crippen LogP contribution in [0.1, 0.15) is 66.5 Å². The van der Waals surface area contributed by atoms with Crippen LogP contribution in [0.25, 0.3) is 11.1 Å². The van der Waals surface area contributed by atoms with Gasteiger partial charge in [0, 0.05) is 11.6 Å². The van der Waals surface area contributed by atoms with Crippen LogP contribution in [0.15, 0.2) is 48.5 Å². The molecule has 2 atom stereocenters. The molecule has 2 fully saturated rings. The monoisotopic (exact) mass is 737 g/mol. The van der Waals surface area contributed by atoms with Gasteiger partial charge in [0.2, 0.25) is 0 Å². The first-order valence-electron chi connectivity index (χ1n) is 15.4. The largest absolute Gasteiger partial charge is 0.496 e. The molecule has 51 heavy (non-hydrogen) atoms. The smallest absolute Gasteiger partial charge is 0.416 e. The lowest BCUT2D eigenvalue weighted by Gasteiger charge is -2.27. The molecule has 276 valence electrons. The lowest BCUT2D eigenvalue weighted by molar-refractivity contribution is -0.144. The van der Waals surface area contributed by atoms with E-state index in [1.54, 1.807) is 0 Å². The Labute approximate surface area is 283 Å². The highest BCUT2D eigenvalue weighted by molar-refractivity contribution is 5.77. The standard InChI is InChI=1S/C34H29F10NO6/c1-16-29(18-9-21(33(39,40)41)12-22(10-18)34(42,43)44)51-31(48)45(16)15-19-11-20(32(36,37)38)5-8-24(19)25-13-28(26(35)14-27(25)49-2)50-23-6-3-17(4-7-23)30(46)47/h5,8-14,16-17,23,29H,3-4,6-7,15H2,1-2H3,(H,46,47)/t16-,17?,23?,29-/m0/s1. The molecule has 1 N–H and O–H groups in total. The predicted molar refractivity (Wildman–Crippen MR) is 158 cm³/mol. The van der Waals surface area contributed by atoms with E-state index in [1.807, 2.05) is 0 Å². The van der Waals surface area contributed by atoms with E-state index in [0.29, 0.717) is 18.2 Å². The maximum atomic E-state index is 15.2. The van der Waals surface area contributed by atoms with Crippen LogP contribution in [0.5, 0.6) is 11.5 Å². The SMILES string of the molecule is COc1cc(F)c(OC2CCC(C(=O)O)CC2)cc1-c1ccc(C(F)(F)F)cc1CN1C(=O)O[C@H](c2cc(C(F)(F)F)cc(C(F)(F)F)c2)[C@@H]1C. The van der Waals surface area contributed by atoms with Crippen LogP contribution >= 0.6 is 0 Å². The van der Waals surface area contributed by atoms with Gasteiger partial charge in [-0.1, -0.05) is 6.07 Å². The summed E-state index contributed by atoms with van der Waals surface area (Å²) in [6.07, 6.45) is -17.6. The van der Waals surface area contributed by atoms with Gasteiger partial charge in [-0.05, 0) is 85.7 Å². The van der Waals surface area contributed by atoms with Crippen LogP contribution in [0.4, 0.5) is 48.7 Å². The lowest BCUT2D eigenvalue weighted by atomic mass is 9.87.